The fraction of sp³-hybridized carbons (Fsp3) is 0.583. The summed E-state index contributed by atoms with van der Waals surface area (Å²) in [5.74, 6) is 0.606. The molecule has 16 heavy (non-hydrogen) atoms. The molecule has 4 heteroatoms. The Hall–Kier alpha value is -1.45. The molecule has 0 aliphatic heterocycles. The van der Waals surface area contributed by atoms with Crippen LogP contribution in [0.2, 0.25) is 0 Å². The second kappa shape index (κ2) is 5.58. The second-order valence-electron chi connectivity index (χ2n) is 4.08. The molecular formula is C12H19N3O. The van der Waals surface area contributed by atoms with Gasteiger partial charge < -0.3 is 5.32 Å². The predicted molar refractivity (Wildman–Crippen MR) is 63.3 cm³/mol. The van der Waals surface area contributed by atoms with Crippen molar-refractivity contribution < 1.29 is 4.79 Å². The molecule has 0 unspecified atom stereocenters. The molecule has 0 fully saturated rings. The van der Waals surface area contributed by atoms with Gasteiger partial charge in [-0.3, -0.25) is 4.79 Å². The number of nitrogens with one attached hydrogen (secondary N) is 1. The van der Waals surface area contributed by atoms with Crippen LogP contribution in [-0.4, -0.2) is 21.9 Å². The summed E-state index contributed by atoms with van der Waals surface area (Å²) in [5, 5.41) is 2.94. The van der Waals surface area contributed by atoms with Gasteiger partial charge in [0.25, 0.3) is 5.91 Å². The molecule has 0 saturated carbocycles. The van der Waals surface area contributed by atoms with Crippen LogP contribution < -0.4 is 5.32 Å². The van der Waals surface area contributed by atoms with E-state index in [0.717, 1.165) is 18.5 Å². The Morgan fingerprint density at radius 1 is 1.50 bits per heavy atom. The fourth-order valence-electron chi connectivity index (χ4n) is 1.61. The highest BCUT2D eigenvalue weighted by atomic mass is 16.1. The van der Waals surface area contributed by atoms with Crippen molar-refractivity contribution in [3.63, 3.8) is 0 Å². The molecule has 1 aromatic rings. The molecule has 0 aliphatic carbocycles. The molecule has 0 bridgehead atoms. The molecule has 1 heterocycles. The third-order valence-corrected chi connectivity index (χ3v) is 2.44. The number of hydrogen-bond donors (Lipinski definition) is 1. The van der Waals surface area contributed by atoms with Crippen LogP contribution in [0.25, 0.3) is 0 Å². The van der Waals surface area contributed by atoms with Gasteiger partial charge in [-0.25, -0.2) is 9.97 Å². The van der Waals surface area contributed by atoms with Crippen molar-refractivity contribution in [2.45, 2.75) is 46.6 Å². The minimum Gasteiger partial charge on any atom is -0.349 e. The maximum atomic E-state index is 11.9. The first-order valence-corrected chi connectivity index (χ1v) is 5.65. The number of aromatic nitrogens is 2. The maximum absolute atomic E-state index is 11.9. The molecule has 0 saturated heterocycles. The van der Waals surface area contributed by atoms with Gasteiger partial charge in [0.15, 0.2) is 0 Å². The van der Waals surface area contributed by atoms with Gasteiger partial charge in [-0.1, -0.05) is 13.3 Å². The summed E-state index contributed by atoms with van der Waals surface area (Å²) in [4.78, 5) is 20.1. The van der Waals surface area contributed by atoms with Crippen molar-refractivity contribution in [1.82, 2.24) is 15.3 Å². The Balaban J connectivity index is 2.73. The molecule has 0 aliphatic rings. The van der Waals surface area contributed by atoms with Crippen LogP contribution in [0.5, 0.6) is 0 Å². The zero-order valence-electron chi connectivity index (χ0n) is 10.4. The van der Waals surface area contributed by atoms with E-state index in [2.05, 4.69) is 22.2 Å². The number of hydrogen-bond acceptors (Lipinski definition) is 3. The number of rotatable bonds is 4. The van der Waals surface area contributed by atoms with E-state index >= 15 is 0 Å². The fourth-order valence-corrected chi connectivity index (χ4v) is 1.61. The molecule has 1 atom stereocenters. The molecule has 1 N–H and O–H groups in total. The van der Waals surface area contributed by atoms with Gasteiger partial charge in [0.2, 0.25) is 0 Å². The van der Waals surface area contributed by atoms with Crippen LogP contribution in [0.1, 0.15) is 48.6 Å². The van der Waals surface area contributed by atoms with Crippen molar-refractivity contribution in [1.29, 1.82) is 0 Å². The van der Waals surface area contributed by atoms with E-state index < -0.39 is 0 Å². The van der Waals surface area contributed by atoms with Crippen LogP contribution in [0.3, 0.4) is 0 Å². The van der Waals surface area contributed by atoms with E-state index in [1.54, 1.807) is 6.20 Å². The topological polar surface area (TPSA) is 54.9 Å². The van der Waals surface area contributed by atoms with Gasteiger partial charge in [0, 0.05) is 12.2 Å². The maximum Gasteiger partial charge on any atom is 0.254 e. The molecule has 4 nitrogen and oxygen atoms in total. The third-order valence-electron chi connectivity index (χ3n) is 2.44. The van der Waals surface area contributed by atoms with Gasteiger partial charge in [-0.2, -0.15) is 0 Å². The Morgan fingerprint density at radius 3 is 2.75 bits per heavy atom. The lowest BCUT2D eigenvalue weighted by Gasteiger charge is -2.13. The second-order valence-corrected chi connectivity index (χ2v) is 4.08. The first-order chi connectivity index (χ1) is 7.54. The van der Waals surface area contributed by atoms with E-state index in [0.29, 0.717) is 11.4 Å². The smallest absolute Gasteiger partial charge is 0.254 e. The Bertz CT molecular complexity index is 377. The highest BCUT2D eigenvalue weighted by molar-refractivity contribution is 5.95. The predicted octanol–water partition coefficient (Wildman–Crippen LogP) is 2.01. The van der Waals surface area contributed by atoms with Crippen LogP contribution in [0.15, 0.2) is 6.20 Å². The normalized spacial score (nSPS) is 12.2. The van der Waals surface area contributed by atoms with Crippen LogP contribution >= 0.6 is 0 Å². The van der Waals surface area contributed by atoms with Gasteiger partial charge in [0.05, 0.1) is 11.3 Å². The van der Waals surface area contributed by atoms with Crippen molar-refractivity contribution in [3.8, 4) is 0 Å². The van der Waals surface area contributed by atoms with E-state index in [4.69, 9.17) is 0 Å². The standard InChI is InChI=1S/C12H19N3O/c1-5-6-8(2)14-12(16)11-7-13-10(4)15-9(11)3/h7-8H,5-6H2,1-4H3,(H,14,16)/t8-/m0/s1. The molecule has 1 amide bonds. The number of amides is 1. The molecule has 1 rings (SSSR count). The number of aryl methyl sites for hydroxylation is 2. The molecule has 0 aromatic carbocycles. The minimum absolute atomic E-state index is 0.0848. The summed E-state index contributed by atoms with van der Waals surface area (Å²) in [5.41, 5.74) is 1.29. The molecule has 0 spiro atoms. The zero-order chi connectivity index (χ0) is 12.1. The minimum atomic E-state index is -0.0848. The lowest BCUT2D eigenvalue weighted by atomic mass is 10.1. The van der Waals surface area contributed by atoms with Crippen molar-refractivity contribution in [2.75, 3.05) is 0 Å². The van der Waals surface area contributed by atoms with Gasteiger partial charge in [0.1, 0.15) is 5.82 Å². The lowest BCUT2D eigenvalue weighted by Crippen LogP contribution is -2.33. The van der Waals surface area contributed by atoms with E-state index in [-0.39, 0.29) is 11.9 Å². The monoisotopic (exact) mass is 221 g/mol. The van der Waals surface area contributed by atoms with Crippen LogP contribution in [-0.2, 0) is 0 Å². The van der Waals surface area contributed by atoms with Crippen LogP contribution in [0, 0.1) is 13.8 Å². The SMILES string of the molecule is CCC[C@H](C)NC(=O)c1cnc(C)nc1C. The average molecular weight is 221 g/mol. The molecule has 1 aromatic heterocycles. The summed E-state index contributed by atoms with van der Waals surface area (Å²) in [6, 6.07) is 0.193. The summed E-state index contributed by atoms with van der Waals surface area (Å²) in [6.45, 7) is 7.75. The Labute approximate surface area is 96.5 Å². The Kier molecular flexibility index (Phi) is 4.40. The zero-order valence-corrected chi connectivity index (χ0v) is 10.4. The van der Waals surface area contributed by atoms with Crippen molar-refractivity contribution >= 4 is 5.91 Å². The largest absolute Gasteiger partial charge is 0.349 e. The quantitative estimate of drug-likeness (QED) is 0.846. The third kappa shape index (κ3) is 3.29. The summed E-state index contributed by atoms with van der Waals surface area (Å²) >= 11 is 0. The molecular weight excluding hydrogens is 202 g/mol. The first-order valence-electron chi connectivity index (χ1n) is 5.65. The van der Waals surface area contributed by atoms with E-state index in [1.165, 1.54) is 0 Å². The number of carbonyl (C=O) groups is 1. The first kappa shape index (κ1) is 12.6. The highest BCUT2D eigenvalue weighted by Crippen LogP contribution is 2.05. The Morgan fingerprint density at radius 2 is 2.19 bits per heavy atom. The van der Waals surface area contributed by atoms with Gasteiger partial charge in [-0.15, -0.1) is 0 Å². The molecule has 88 valence electrons. The van der Waals surface area contributed by atoms with Crippen molar-refractivity contribution in [2.24, 2.45) is 0 Å². The van der Waals surface area contributed by atoms with E-state index in [1.807, 2.05) is 20.8 Å². The number of carbonyl (C=O) groups excluding carboxylic acids is 1. The van der Waals surface area contributed by atoms with Crippen LogP contribution in [0.4, 0.5) is 0 Å². The highest BCUT2D eigenvalue weighted by Gasteiger charge is 2.12. The van der Waals surface area contributed by atoms with Gasteiger partial charge >= 0.3 is 0 Å². The van der Waals surface area contributed by atoms with Crippen molar-refractivity contribution in [3.05, 3.63) is 23.3 Å². The summed E-state index contributed by atoms with van der Waals surface area (Å²) in [6.07, 6.45) is 3.63. The van der Waals surface area contributed by atoms with Gasteiger partial charge in [-0.05, 0) is 27.2 Å². The van der Waals surface area contributed by atoms with E-state index in [9.17, 15) is 4.79 Å². The average Bonchev–Trinajstić information content (AvgIpc) is 2.17. The molecule has 0 radical (unpaired) electrons. The number of nitrogens with zero attached hydrogens (tertiary/aromatic N) is 2. The lowest BCUT2D eigenvalue weighted by molar-refractivity contribution is 0.0937. The summed E-state index contributed by atoms with van der Waals surface area (Å²) < 4.78 is 0. The summed E-state index contributed by atoms with van der Waals surface area (Å²) in [7, 11) is 0.